The van der Waals surface area contributed by atoms with Crippen molar-refractivity contribution in [1.82, 2.24) is 19.7 Å². The number of aromatic nitrogens is 3. The molecule has 0 atom stereocenters. The molecule has 0 aliphatic carbocycles. The summed E-state index contributed by atoms with van der Waals surface area (Å²) in [5.41, 5.74) is 4.62. The Labute approximate surface area is 194 Å². The van der Waals surface area contributed by atoms with Crippen LogP contribution >= 0.6 is 0 Å². The number of hydrogen-bond donors (Lipinski definition) is 0. The highest BCUT2D eigenvalue weighted by atomic mass is 16.2. The molecule has 0 saturated heterocycles. The standard InChI is InChI=1S/C27H27N5O/c1-4-14-31(18-21-12-10-20(16-28)11-13-21)27(33)23-15-25(22-8-6-5-7-9-22)30-26-24(23)17-29-32(26)19(2)3/h5-13,15,17,19H,4,14,18H2,1-3H3. The Hall–Kier alpha value is -3.98. The van der Waals surface area contributed by atoms with Gasteiger partial charge in [-0.15, -0.1) is 0 Å². The van der Waals surface area contributed by atoms with Crippen LogP contribution in [-0.4, -0.2) is 32.1 Å². The molecule has 0 aliphatic heterocycles. The third kappa shape index (κ3) is 4.63. The smallest absolute Gasteiger partial charge is 0.255 e. The number of fused-ring (bicyclic) bond motifs is 1. The van der Waals surface area contributed by atoms with E-state index in [4.69, 9.17) is 10.2 Å². The Morgan fingerprint density at radius 1 is 1.12 bits per heavy atom. The molecule has 0 N–H and O–H groups in total. The van der Waals surface area contributed by atoms with Gasteiger partial charge in [0, 0.05) is 24.7 Å². The average Bonchev–Trinajstić information content (AvgIpc) is 3.28. The Balaban J connectivity index is 1.79. The van der Waals surface area contributed by atoms with Gasteiger partial charge in [-0.2, -0.15) is 10.4 Å². The molecule has 0 aliphatic rings. The third-order valence-corrected chi connectivity index (χ3v) is 5.59. The van der Waals surface area contributed by atoms with Crippen molar-refractivity contribution in [2.45, 2.75) is 39.8 Å². The van der Waals surface area contributed by atoms with Crippen molar-refractivity contribution >= 4 is 16.9 Å². The van der Waals surface area contributed by atoms with Crippen LogP contribution in [0.25, 0.3) is 22.3 Å². The van der Waals surface area contributed by atoms with Crippen molar-refractivity contribution in [3.8, 4) is 17.3 Å². The van der Waals surface area contributed by atoms with E-state index in [2.05, 4.69) is 31.9 Å². The van der Waals surface area contributed by atoms with Crippen LogP contribution in [0.3, 0.4) is 0 Å². The summed E-state index contributed by atoms with van der Waals surface area (Å²) in [6.45, 7) is 7.27. The van der Waals surface area contributed by atoms with Crippen LogP contribution in [0, 0.1) is 11.3 Å². The van der Waals surface area contributed by atoms with Gasteiger partial charge in [-0.25, -0.2) is 9.67 Å². The fourth-order valence-electron chi connectivity index (χ4n) is 3.93. The van der Waals surface area contributed by atoms with Crippen LogP contribution < -0.4 is 0 Å². The summed E-state index contributed by atoms with van der Waals surface area (Å²) in [5.74, 6) is -0.0471. The zero-order valence-electron chi connectivity index (χ0n) is 19.2. The zero-order chi connectivity index (χ0) is 23.4. The highest BCUT2D eigenvalue weighted by Crippen LogP contribution is 2.27. The van der Waals surface area contributed by atoms with Gasteiger partial charge in [-0.1, -0.05) is 49.4 Å². The molecule has 0 radical (unpaired) electrons. The van der Waals surface area contributed by atoms with Gasteiger partial charge < -0.3 is 4.90 Å². The predicted octanol–water partition coefficient (Wildman–Crippen LogP) is 5.60. The normalized spacial score (nSPS) is 11.0. The van der Waals surface area contributed by atoms with Gasteiger partial charge in [-0.3, -0.25) is 4.79 Å². The predicted molar refractivity (Wildman–Crippen MR) is 130 cm³/mol. The highest BCUT2D eigenvalue weighted by molar-refractivity contribution is 6.06. The van der Waals surface area contributed by atoms with Crippen LogP contribution in [0.15, 0.2) is 66.9 Å². The quantitative estimate of drug-likeness (QED) is 0.377. The first kappa shape index (κ1) is 22.2. The number of amides is 1. The number of benzene rings is 2. The van der Waals surface area contributed by atoms with E-state index in [0.29, 0.717) is 29.9 Å². The molecule has 2 aromatic carbocycles. The fourth-order valence-corrected chi connectivity index (χ4v) is 3.93. The third-order valence-electron chi connectivity index (χ3n) is 5.59. The molecule has 166 valence electrons. The lowest BCUT2D eigenvalue weighted by atomic mass is 10.1. The van der Waals surface area contributed by atoms with Crippen molar-refractivity contribution in [1.29, 1.82) is 5.26 Å². The molecule has 4 rings (SSSR count). The summed E-state index contributed by atoms with van der Waals surface area (Å²) in [6.07, 6.45) is 2.59. The highest BCUT2D eigenvalue weighted by Gasteiger charge is 2.22. The molecule has 1 amide bonds. The molecule has 2 heterocycles. The lowest BCUT2D eigenvalue weighted by molar-refractivity contribution is 0.0745. The molecule has 2 aromatic heterocycles. The first-order valence-corrected chi connectivity index (χ1v) is 11.2. The molecule has 0 spiro atoms. The number of hydrogen-bond acceptors (Lipinski definition) is 4. The van der Waals surface area contributed by atoms with Crippen molar-refractivity contribution in [2.24, 2.45) is 0 Å². The second-order valence-electron chi connectivity index (χ2n) is 8.38. The first-order chi connectivity index (χ1) is 16.0. The maximum atomic E-state index is 13.8. The van der Waals surface area contributed by atoms with Crippen molar-refractivity contribution in [3.63, 3.8) is 0 Å². The minimum Gasteiger partial charge on any atom is -0.334 e. The number of carbonyl (C=O) groups is 1. The summed E-state index contributed by atoms with van der Waals surface area (Å²) in [7, 11) is 0. The number of pyridine rings is 1. The Bertz CT molecular complexity index is 1300. The van der Waals surface area contributed by atoms with E-state index in [0.717, 1.165) is 28.6 Å². The van der Waals surface area contributed by atoms with E-state index in [9.17, 15) is 4.79 Å². The molecule has 6 nitrogen and oxygen atoms in total. The van der Waals surface area contributed by atoms with E-state index in [-0.39, 0.29) is 11.9 Å². The second kappa shape index (κ2) is 9.66. The summed E-state index contributed by atoms with van der Waals surface area (Å²) >= 11 is 0. The number of nitriles is 1. The van der Waals surface area contributed by atoms with E-state index in [1.807, 2.05) is 58.1 Å². The van der Waals surface area contributed by atoms with Gasteiger partial charge in [-0.05, 0) is 44.0 Å². The monoisotopic (exact) mass is 437 g/mol. The van der Waals surface area contributed by atoms with Crippen LogP contribution in [0.1, 0.15) is 54.7 Å². The molecule has 0 fully saturated rings. The SMILES string of the molecule is CCCN(Cc1ccc(C#N)cc1)C(=O)c1cc(-c2ccccc2)nc2c1cnn2C(C)C. The molecule has 0 saturated carbocycles. The lowest BCUT2D eigenvalue weighted by Gasteiger charge is -2.23. The minimum atomic E-state index is -0.0471. The summed E-state index contributed by atoms with van der Waals surface area (Å²) in [5, 5.41) is 14.4. The van der Waals surface area contributed by atoms with Crippen molar-refractivity contribution in [2.75, 3.05) is 6.54 Å². The molecular weight excluding hydrogens is 410 g/mol. The van der Waals surface area contributed by atoms with Gasteiger partial charge >= 0.3 is 0 Å². The maximum Gasteiger partial charge on any atom is 0.255 e. The van der Waals surface area contributed by atoms with Gasteiger partial charge in [0.25, 0.3) is 5.91 Å². The van der Waals surface area contributed by atoms with E-state index < -0.39 is 0 Å². The van der Waals surface area contributed by atoms with Gasteiger partial charge in [0.1, 0.15) is 0 Å². The average molecular weight is 438 g/mol. The van der Waals surface area contributed by atoms with Crippen molar-refractivity contribution in [3.05, 3.63) is 83.6 Å². The largest absolute Gasteiger partial charge is 0.334 e. The van der Waals surface area contributed by atoms with Crippen LogP contribution in [0.4, 0.5) is 0 Å². The van der Waals surface area contributed by atoms with Crippen LogP contribution in [0.2, 0.25) is 0 Å². The Morgan fingerprint density at radius 2 is 1.85 bits per heavy atom. The van der Waals surface area contributed by atoms with Crippen molar-refractivity contribution < 1.29 is 4.79 Å². The molecular formula is C27H27N5O. The van der Waals surface area contributed by atoms with E-state index in [1.165, 1.54) is 0 Å². The minimum absolute atomic E-state index is 0.0471. The summed E-state index contributed by atoms with van der Waals surface area (Å²) in [4.78, 5) is 20.6. The number of rotatable bonds is 7. The van der Waals surface area contributed by atoms with Crippen LogP contribution in [0.5, 0.6) is 0 Å². The van der Waals surface area contributed by atoms with Gasteiger partial charge in [0.2, 0.25) is 0 Å². The zero-order valence-corrected chi connectivity index (χ0v) is 19.2. The number of nitrogens with zero attached hydrogens (tertiary/aromatic N) is 5. The molecule has 4 aromatic rings. The first-order valence-electron chi connectivity index (χ1n) is 11.2. The molecule has 0 bridgehead atoms. The van der Waals surface area contributed by atoms with E-state index >= 15 is 0 Å². The summed E-state index contributed by atoms with van der Waals surface area (Å²) < 4.78 is 1.86. The molecule has 33 heavy (non-hydrogen) atoms. The van der Waals surface area contributed by atoms with E-state index in [1.54, 1.807) is 18.3 Å². The Kier molecular flexibility index (Phi) is 6.50. The topological polar surface area (TPSA) is 74.8 Å². The molecule has 0 unspecified atom stereocenters. The summed E-state index contributed by atoms with van der Waals surface area (Å²) in [6, 6.07) is 21.4. The number of carbonyl (C=O) groups excluding carboxylic acids is 1. The second-order valence-corrected chi connectivity index (χ2v) is 8.38. The lowest BCUT2D eigenvalue weighted by Crippen LogP contribution is -2.31. The van der Waals surface area contributed by atoms with Gasteiger partial charge in [0.05, 0.1) is 34.5 Å². The Morgan fingerprint density at radius 3 is 2.48 bits per heavy atom. The maximum absolute atomic E-state index is 13.8. The van der Waals surface area contributed by atoms with Gasteiger partial charge in [0.15, 0.2) is 5.65 Å². The fraction of sp³-hybridized carbons (Fsp3) is 0.259. The molecule has 6 heteroatoms. The van der Waals surface area contributed by atoms with Crippen LogP contribution in [-0.2, 0) is 6.54 Å².